The minimum Gasteiger partial charge on any atom is -0.482 e. The van der Waals surface area contributed by atoms with E-state index in [1.807, 2.05) is 0 Å². The Morgan fingerprint density at radius 1 is 1.45 bits per heavy atom. The summed E-state index contributed by atoms with van der Waals surface area (Å²) in [5.41, 5.74) is 2.27. The normalized spacial score (nSPS) is 13.3. The fourth-order valence-corrected chi connectivity index (χ4v) is 2.18. The minimum absolute atomic E-state index is 0.0164. The number of benzene rings is 1. The lowest BCUT2D eigenvalue weighted by Gasteiger charge is -2.18. The van der Waals surface area contributed by atoms with Crippen molar-refractivity contribution in [2.45, 2.75) is 6.92 Å². The van der Waals surface area contributed by atoms with Gasteiger partial charge in [0.1, 0.15) is 5.75 Å². The fourth-order valence-electron chi connectivity index (χ4n) is 2.18. The molecule has 1 aliphatic rings. The number of fused-ring (bicyclic) bond motifs is 1. The van der Waals surface area contributed by atoms with Crippen LogP contribution < -0.4 is 10.1 Å². The van der Waals surface area contributed by atoms with Crippen LogP contribution in [0.4, 0.5) is 5.69 Å². The molecule has 0 saturated heterocycles. The predicted molar refractivity (Wildman–Crippen MR) is 69.8 cm³/mol. The van der Waals surface area contributed by atoms with Gasteiger partial charge in [0.05, 0.1) is 5.69 Å². The van der Waals surface area contributed by atoms with Gasteiger partial charge in [0, 0.05) is 11.3 Å². The highest BCUT2D eigenvalue weighted by Crippen LogP contribution is 2.34. The Morgan fingerprint density at radius 2 is 2.25 bits per heavy atom. The Kier molecular flexibility index (Phi) is 2.67. The van der Waals surface area contributed by atoms with E-state index < -0.39 is 5.97 Å². The quantitative estimate of drug-likeness (QED) is 0.767. The summed E-state index contributed by atoms with van der Waals surface area (Å²) in [5, 5.41) is 18.3. The van der Waals surface area contributed by atoms with Gasteiger partial charge in [0.15, 0.2) is 12.3 Å². The molecule has 0 aliphatic carbocycles. The Morgan fingerprint density at radius 3 is 3.00 bits per heavy atom. The third-order valence-corrected chi connectivity index (χ3v) is 3.05. The first-order valence-electron chi connectivity index (χ1n) is 5.91. The largest absolute Gasteiger partial charge is 0.482 e. The molecule has 0 spiro atoms. The number of carbonyl (C=O) groups excluding carboxylic acids is 1. The van der Waals surface area contributed by atoms with Crippen LogP contribution >= 0.6 is 0 Å². The molecule has 0 radical (unpaired) electrons. The summed E-state index contributed by atoms with van der Waals surface area (Å²) in [5.74, 6) is -0.786. The fraction of sp³-hybridized carbons (Fsp3) is 0.154. The van der Waals surface area contributed by atoms with E-state index in [-0.39, 0.29) is 18.2 Å². The summed E-state index contributed by atoms with van der Waals surface area (Å²) in [6, 6.07) is 5.11. The highest BCUT2D eigenvalue weighted by molar-refractivity contribution is 5.98. The summed E-state index contributed by atoms with van der Waals surface area (Å²) < 4.78 is 5.26. The number of hydrogen-bond acceptors (Lipinski definition) is 4. The number of amides is 1. The van der Waals surface area contributed by atoms with Gasteiger partial charge in [0.25, 0.3) is 5.91 Å². The first-order chi connectivity index (χ1) is 9.56. The van der Waals surface area contributed by atoms with Crippen LogP contribution in [0.25, 0.3) is 11.1 Å². The molecule has 2 aromatic rings. The van der Waals surface area contributed by atoms with Crippen molar-refractivity contribution in [2.75, 3.05) is 11.9 Å². The molecule has 3 N–H and O–H groups in total. The average molecular weight is 273 g/mol. The molecule has 0 atom stereocenters. The van der Waals surface area contributed by atoms with Gasteiger partial charge < -0.3 is 15.2 Å². The van der Waals surface area contributed by atoms with Crippen LogP contribution in [-0.4, -0.2) is 33.8 Å². The standard InChI is InChI=1S/C13H11N3O4/c1-6-11(12(13(18)19)16-15-6)7-2-3-9-8(4-7)14-10(17)5-20-9/h2-4H,5H2,1H3,(H,14,17)(H,15,16)(H,18,19). The van der Waals surface area contributed by atoms with Gasteiger partial charge in [-0.1, -0.05) is 6.07 Å². The number of aromatic amines is 1. The molecule has 3 rings (SSSR count). The van der Waals surface area contributed by atoms with Crippen molar-refractivity contribution in [3.63, 3.8) is 0 Å². The van der Waals surface area contributed by atoms with Gasteiger partial charge in [-0.15, -0.1) is 0 Å². The number of aryl methyl sites for hydroxylation is 1. The van der Waals surface area contributed by atoms with Crippen LogP contribution in [0.1, 0.15) is 16.2 Å². The van der Waals surface area contributed by atoms with E-state index in [0.717, 1.165) is 0 Å². The van der Waals surface area contributed by atoms with Crippen molar-refractivity contribution in [3.05, 3.63) is 29.6 Å². The second-order valence-corrected chi connectivity index (χ2v) is 4.43. The van der Waals surface area contributed by atoms with Crippen LogP contribution in [0.2, 0.25) is 0 Å². The lowest BCUT2D eigenvalue weighted by Crippen LogP contribution is -2.25. The molecule has 0 saturated carbocycles. The highest BCUT2D eigenvalue weighted by Gasteiger charge is 2.21. The summed E-state index contributed by atoms with van der Waals surface area (Å²) in [7, 11) is 0. The Balaban J connectivity index is 2.12. The zero-order valence-electron chi connectivity index (χ0n) is 10.6. The van der Waals surface area contributed by atoms with Gasteiger partial charge in [-0.2, -0.15) is 5.10 Å². The highest BCUT2D eigenvalue weighted by atomic mass is 16.5. The molecule has 102 valence electrons. The van der Waals surface area contributed by atoms with Crippen LogP contribution in [-0.2, 0) is 4.79 Å². The molecule has 1 aromatic carbocycles. The summed E-state index contributed by atoms with van der Waals surface area (Å²) in [4.78, 5) is 22.5. The second-order valence-electron chi connectivity index (χ2n) is 4.43. The van der Waals surface area contributed by atoms with Crippen LogP contribution in [0.3, 0.4) is 0 Å². The number of H-pyrrole nitrogens is 1. The smallest absolute Gasteiger partial charge is 0.357 e. The number of carboxylic acid groups (broad SMARTS) is 1. The third-order valence-electron chi connectivity index (χ3n) is 3.05. The molecule has 20 heavy (non-hydrogen) atoms. The molecular weight excluding hydrogens is 262 g/mol. The lowest BCUT2D eigenvalue weighted by molar-refractivity contribution is -0.118. The van der Waals surface area contributed by atoms with E-state index in [1.165, 1.54) is 0 Å². The molecule has 0 bridgehead atoms. The van der Waals surface area contributed by atoms with Crippen LogP contribution in [0, 0.1) is 6.92 Å². The van der Waals surface area contributed by atoms with Gasteiger partial charge in [-0.25, -0.2) is 4.79 Å². The van der Waals surface area contributed by atoms with Crippen molar-refractivity contribution in [2.24, 2.45) is 0 Å². The number of ether oxygens (including phenoxy) is 1. The Labute approximate surface area is 113 Å². The van der Waals surface area contributed by atoms with Gasteiger partial charge in [0.2, 0.25) is 0 Å². The number of carboxylic acids is 1. The number of anilines is 1. The lowest BCUT2D eigenvalue weighted by atomic mass is 10.0. The molecule has 7 heteroatoms. The monoisotopic (exact) mass is 273 g/mol. The Bertz CT molecular complexity index is 720. The second kappa shape index (κ2) is 4.37. The molecule has 0 unspecified atom stereocenters. The average Bonchev–Trinajstić information content (AvgIpc) is 2.80. The Hall–Kier alpha value is -2.83. The number of hydrogen-bond donors (Lipinski definition) is 3. The van der Waals surface area contributed by atoms with Crippen molar-refractivity contribution < 1.29 is 19.4 Å². The van der Waals surface area contributed by atoms with Gasteiger partial charge in [-0.05, 0) is 24.6 Å². The first-order valence-corrected chi connectivity index (χ1v) is 5.91. The summed E-state index contributed by atoms with van der Waals surface area (Å²) >= 11 is 0. The van der Waals surface area contributed by atoms with Gasteiger partial charge >= 0.3 is 5.97 Å². The third kappa shape index (κ3) is 1.89. The molecule has 1 aliphatic heterocycles. The molecule has 1 amide bonds. The summed E-state index contributed by atoms with van der Waals surface area (Å²) in [6.45, 7) is 1.72. The maximum atomic E-state index is 11.3. The van der Waals surface area contributed by atoms with Crippen LogP contribution in [0.5, 0.6) is 5.75 Å². The number of carbonyl (C=O) groups is 2. The van der Waals surface area contributed by atoms with E-state index >= 15 is 0 Å². The topological polar surface area (TPSA) is 104 Å². The van der Waals surface area contributed by atoms with E-state index in [9.17, 15) is 9.59 Å². The first kappa shape index (κ1) is 12.2. The van der Waals surface area contributed by atoms with Crippen molar-refractivity contribution in [1.29, 1.82) is 0 Å². The number of nitrogens with zero attached hydrogens (tertiary/aromatic N) is 1. The zero-order valence-corrected chi connectivity index (χ0v) is 10.6. The molecular formula is C13H11N3O4. The number of aromatic nitrogens is 2. The van der Waals surface area contributed by atoms with E-state index in [1.54, 1.807) is 25.1 Å². The van der Waals surface area contributed by atoms with Crippen molar-refractivity contribution in [3.8, 4) is 16.9 Å². The predicted octanol–water partition coefficient (Wildman–Crippen LogP) is 1.41. The maximum Gasteiger partial charge on any atom is 0.357 e. The molecule has 2 heterocycles. The van der Waals surface area contributed by atoms with E-state index in [0.29, 0.717) is 28.3 Å². The van der Waals surface area contributed by atoms with Crippen molar-refractivity contribution >= 4 is 17.6 Å². The molecule has 1 aromatic heterocycles. The van der Waals surface area contributed by atoms with Crippen molar-refractivity contribution in [1.82, 2.24) is 10.2 Å². The number of nitrogens with one attached hydrogen (secondary N) is 2. The van der Waals surface area contributed by atoms with E-state index in [4.69, 9.17) is 9.84 Å². The van der Waals surface area contributed by atoms with Crippen LogP contribution in [0.15, 0.2) is 18.2 Å². The molecule has 7 nitrogen and oxygen atoms in total. The van der Waals surface area contributed by atoms with E-state index in [2.05, 4.69) is 15.5 Å². The number of aromatic carboxylic acids is 1. The maximum absolute atomic E-state index is 11.3. The number of rotatable bonds is 2. The molecule has 0 fully saturated rings. The van der Waals surface area contributed by atoms with Gasteiger partial charge in [-0.3, -0.25) is 9.89 Å². The summed E-state index contributed by atoms with van der Waals surface area (Å²) in [6.07, 6.45) is 0. The SMILES string of the molecule is Cc1[nH]nc(C(=O)O)c1-c1ccc2c(c1)NC(=O)CO2. The zero-order chi connectivity index (χ0) is 14.3. The minimum atomic E-state index is -1.11.